The van der Waals surface area contributed by atoms with Crippen LogP contribution in [-0.2, 0) is 4.79 Å². The second-order valence-corrected chi connectivity index (χ2v) is 6.47. The number of aryl methyl sites for hydroxylation is 2. The molecule has 0 unspecified atom stereocenters. The minimum atomic E-state index is -0.496. The number of benzene rings is 1. The minimum absolute atomic E-state index is 0.186. The molecule has 1 aromatic heterocycles. The minimum Gasteiger partial charge on any atom is -0.369 e. The van der Waals surface area contributed by atoms with Crippen molar-refractivity contribution >= 4 is 11.8 Å². The SMILES string of the molecule is Cc1cc(C)n(-c2ccc(C(=O)N3CCC(C(N)=O)CC3)cc2F)n1. The van der Waals surface area contributed by atoms with Crippen molar-refractivity contribution in [3.63, 3.8) is 0 Å². The van der Waals surface area contributed by atoms with Crippen LogP contribution >= 0.6 is 0 Å². The molecule has 0 radical (unpaired) electrons. The Bertz CT molecular complexity index is 822. The van der Waals surface area contributed by atoms with Crippen LogP contribution in [0.25, 0.3) is 5.69 Å². The van der Waals surface area contributed by atoms with Crippen LogP contribution in [0.5, 0.6) is 0 Å². The molecular weight excluding hydrogens is 323 g/mol. The maximum atomic E-state index is 14.5. The number of piperidine rings is 1. The average molecular weight is 344 g/mol. The summed E-state index contributed by atoms with van der Waals surface area (Å²) in [5, 5.41) is 4.27. The molecule has 7 heteroatoms. The number of nitrogens with zero attached hydrogens (tertiary/aromatic N) is 3. The zero-order valence-electron chi connectivity index (χ0n) is 14.3. The Labute approximate surface area is 145 Å². The van der Waals surface area contributed by atoms with Gasteiger partial charge in [0.25, 0.3) is 5.91 Å². The van der Waals surface area contributed by atoms with E-state index in [1.54, 1.807) is 17.0 Å². The molecule has 6 nitrogen and oxygen atoms in total. The van der Waals surface area contributed by atoms with Crippen molar-refractivity contribution in [2.24, 2.45) is 11.7 Å². The van der Waals surface area contributed by atoms with E-state index in [9.17, 15) is 14.0 Å². The van der Waals surface area contributed by atoms with E-state index < -0.39 is 5.82 Å². The number of rotatable bonds is 3. The monoisotopic (exact) mass is 344 g/mol. The van der Waals surface area contributed by atoms with Crippen molar-refractivity contribution in [2.45, 2.75) is 26.7 Å². The lowest BCUT2D eigenvalue weighted by molar-refractivity contribution is -0.123. The standard InChI is InChI=1S/C18H21FN4O2/c1-11-9-12(2)23(21-11)16-4-3-14(10-15(16)19)18(25)22-7-5-13(6-8-22)17(20)24/h3-4,9-10,13H,5-8H2,1-2H3,(H2,20,24). The van der Waals surface area contributed by atoms with Crippen molar-refractivity contribution in [2.75, 3.05) is 13.1 Å². The largest absolute Gasteiger partial charge is 0.369 e. The summed E-state index contributed by atoms with van der Waals surface area (Å²) < 4.78 is 16.1. The third-order valence-electron chi connectivity index (χ3n) is 4.62. The van der Waals surface area contributed by atoms with Crippen molar-refractivity contribution in [1.29, 1.82) is 0 Å². The molecule has 132 valence electrons. The van der Waals surface area contributed by atoms with E-state index in [1.807, 2.05) is 19.9 Å². The zero-order chi connectivity index (χ0) is 18.1. The molecule has 1 aliphatic heterocycles. The number of halogens is 1. The molecule has 1 saturated heterocycles. The van der Waals surface area contributed by atoms with Gasteiger partial charge in [-0.25, -0.2) is 9.07 Å². The molecule has 0 saturated carbocycles. The van der Waals surface area contributed by atoms with Crippen molar-refractivity contribution in [1.82, 2.24) is 14.7 Å². The summed E-state index contributed by atoms with van der Waals surface area (Å²) in [5.74, 6) is -1.24. The van der Waals surface area contributed by atoms with Gasteiger partial charge in [0.1, 0.15) is 11.5 Å². The number of carbonyl (C=O) groups is 2. The lowest BCUT2D eigenvalue weighted by atomic mass is 9.96. The van der Waals surface area contributed by atoms with E-state index in [2.05, 4.69) is 5.10 Å². The summed E-state index contributed by atoms with van der Waals surface area (Å²) in [7, 11) is 0. The van der Waals surface area contributed by atoms with E-state index in [1.165, 1.54) is 10.7 Å². The van der Waals surface area contributed by atoms with Crippen LogP contribution in [0.1, 0.15) is 34.6 Å². The van der Waals surface area contributed by atoms with Crippen LogP contribution in [-0.4, -0.2) is 39.6 Å². The Morgan fingerprint density at radius 3 is 2.40 bits per heavy atom. The lowest BCUT2D eigenvalue weighted by Gasteiger charge is -2.30. The van der Waals surface area contributed by atoms with Crippen LogP contribution in [0.3, 0.4) is 0 Å². The number of carbonyl (C=O) groups excluding carboxylic acids is 2. The van der Waals surface area contributed by atoms with Gasteiger partial charge in [0.15, 0.2) is 0 Å². The first kappa shape index (κ1) is 17.1. The van der Waals surface area contributed by atoms with Crippen molar-refractivity contribution in [3.8, 4) is 5.69 Å². The molecule has 1 fully saturated rings. The van der Waals surface area contributed by atoms with Crippen molar-refractivity contribution < 1.29 is 14.0 Å². The molecule has 0 atom stereocenters. The third-order valence-corrected chi connectivity index (χ3v) is 4.62. The van der Waals surface area contributed by atoms with E-state index in [-0.39, 0.29) is 17.7 Å². The molecule has 25 heavy (non-hydrogen) atoms. The Balaban J connectivity index is 1.78. The van der Waals surface area contributed by atoms with Gasteiger partial charge in [-0.1, -0.05) is 0 Å². The summed E-state index contributed by atoms with van der Waals surface area (Å²) in [4.78, 5) is 25.4. The number of likely N-dealkylation sites (tertiary alicyclic amines) is 1. The molecule has 1 aliphatic rings. The van der Waals surface area contributed by atoms with E-state index in [4.69, 9.17) is 5.73 Å². The van der Waals surface area contributed by atoms with Crippen LogP contribution in [0.4, 0.5) is 4.39 Å². The van der Waals surface area contributed by atoms with Gasteiger partial charge < -0.3 is 10.6 Å². The van der Waals surface area contributed by atoms with E-state index in [0.29, 0.717) is 37.2 Å². The Morgan fingerprint density at radius 2 is 1.88 bits per heavy atom. The topological polar surface area (TPSA) is 81.2 Å². The number of nitrogens with two attached hydrogens (primary N) is 1. The molecule has 0 spiro atoms. The Kier molecular flexibility index (Phi) is 4.57. The van der Waals surface area contributed by atoms with Gasteiger partial charge in [-0.2, -0.15) is 5.10 Å². The van der Waals surface area contributed by atoms with Crippen LogP contribution < -0.4 is 5.73 Å². The van der Waals surface area contributed by atoms with Crippen LogP contribution in [0, 0.1) is 25.6 Å². The summed E-state index contributed by atoms with van der Waals surface area (Å²) in [6, 6.07) is 6.28. The maximum absolute atomic E-state index is 14.5. The van der Waals surface area contributed by atoms with Crippen LogP contribution in [0.2, 0.25) is 0 Å². The number of primary amides is 1. The first-order chi connectivity index (χ1) is 11.9. The molecule has 3 rings (SSSR count). The second-order valence-electron chi connectivity index (χ2n) is 6.47. The highest BCUT2D eigenvalue weighted by Crippen LogP contribution is 2.21. The Morgan fingerprint density at radius 1 is 1.20 bits per heavy atom. The fourth-order valence-corrected chi connectivity index (χ4v) is 3.23. The predicted molar refractivity (Wildman–Crippen MR) is 90.8 cm³/mol. The van der Waals surface area contributed by atoms with Crippen LogP contribution in [0.15, 0.2) is 24.3 Å². The first-order valence-electron chi connectivity index (χ1n) is 8.28. The van der Waals surface area contributed by atoms with Gasteiger partial charge in [-0.3, -0.25) is 9.59 Å². The quantitative estimate of drug-likeness (QED) is 0.924. The first-order valence-corrected chi connectivity index (χ1v) is 8.28. The second kappa shape index (κ2) is 6.66. The molecule has 0 aliphatic carbocycles. The smallest absolute Gasteiger partial charge is 0.253 e. The number of hydrogen-bond donors (Lipinski definition) is 1. The van der Waals surface area contributed by atoms with E-state index >= 15 is 0 Å². The summed E-state index contributed by atoms with van der Waals surface area (Å²) in [6.07, 6.45) is 1.10. The maximum Gasteiger partial charge on any atom is 0.253 e. The van der Waals surface area contributed by atoms with E-state index in [0.717, 1.165) is 11.4 Å². The average Bonchev–Trinajstić information content (AvgIpc) is 2.92. The third kappa shape index (κ3) is 3.40. The van der Waals surface area contributed by atoms with Gasteiger partial charge >= 0.3 is 0 Å². The predicted octanol–water partition coefficient (Wildman–Crippen LogP) is 1.97. The van der Waals surface area contributed by atoms with Gasteiger partial charge in [0.05, 0.1) is 5.69 Å². The molecule has 2 heterocycles. The van der Waals surface area contributed by atoms with Gasteiger partial charge in [0, 0.05) is 30.3 Å². The molecular formula is C18H21FN4O2. The highest BCUT2D eigenvalue weighted by Gasteiger charge is 2.27. The highest BCUT2D eigenvalue weighted by molar-refractivity contribution is 5.94. The summed E-state index contributed by atoms with van der Waals surface area (Å²) in [6.45, 7) is 4.59. The number of amides is 2. The molecule has 2 N–H and O–H groups in total. The molecule has 2 amide bonds. The van der Waals surface area contributed by atoms with Gasteiger partial charge in [-0.05, 0) is 51.0 Å². The fraction of sp³-hybridized carbons (Fsp3) is 0.389. The fourth-order valence-electron chi connectivity index (χ4n) is 3.23. The number of hydrogen-bond acceptors (Lipinski definition) is 3. The molecule has 2 aromatic rings. The van der Waals surface area contributed by atoms with Crippen molar-refractivity contribution in [3.05, 3.63) is 47.0 Å². The zero-order valence-corrected chi connectivity index (χ0v) is 14.3. The van der Waals surface area contributed by atoms with Gasteiger partial charge in [-0.15, -0.1) is 0 Å². The van der Waals surface area contributed by atoms with Gasteiger partial charge in [0.2, 0.25) is 5.91 Å². The number of aromatic nitrogens is 2. The summed E-state index contributed by atoms with van der Waals surface area (Å²) >= 11 is 0. The highest BCUT2D eigenvalue weighted by atomic mass is 19.1. The molecule has 1 aromatic carbocycles. The normalized spacial score (nSPS) is 15.4. The lowest BCUT2D eigenvalue weighted by Crippen LogP contribution is -2.41. The molecule has 0 bridgehead atoms. The summed E-state index contributed by atoms with van der Waals surface area (Å²) in [5.41, 5.74) is 7.54. The Hall–Kier alpha value is -2.70.